The summed E-state index contributed by atoms with van der Waals surface area (Å²) in [6.45, 7) is 1.87. The van der Waals surface area contributed by atoms with Crippen molar-refractivity contribution in [1.82, 2.24) is 5.32 Å². The van der Waals surface area contributed by atoms with Gasteiger partial charge >= 0.3 is 0 Å². The van der Waals surface area contributed by atoms with Crippen molar-refractivity contribution < 1.29 is 5.11 Å². The monoisotopic (exact) mass is 245 g/mol. The van der Waals surface area contributed by atoms with Crippen LogP contribution in [0.25, 0.3) is 0 Å². The first kappa shape index (κ1) is 12.2. The van der Waals surface area contributed by atoms with Gasteiger partial charge in [0.2, 0.25) is 0 Å². The van der Waals surface area contributed by atoms with E-state index >= 15 is 0 Å². The molecule has 0 aliphatic heterocycles. The van der Waals surface area contributed by atoms with Crippen molar-refractivity contribution in [2.45, 2.75) is 50.7 Å². The lowest BCUT2D eigenvalue weighted by Gasteiger charge is -2.15. The predicted octanol–water partition coefficient (Wildman–Crippen LogP) is 2.81. The van der Waals surface area contributed by atoms with Gasteiger partial charge in [-0.25, -0.2) is 0 Å². The van der Waals surface area contributed by atoms with E-state index < -0.39 is 0 Å². The maximum absolute atomic E-state index is 9.75. The van der Waals surface area contributed by atoms with Gasteiger partial charge in [-0.15, -0.1) is 0 Å². The molecule has 2 nitrogen and oxygen atoms in total. The lowest BCUT2D eigenvalue weighted by Crippen LogP contribution is -2.27. The summed E-state index contributed by atoms with van der Waals surface area (Å²) in [6, 6.07) is 9.04. The number of nitrogens with one attached hydrogen (secondary N) is 1. The van der Waals surface area contributed by atoms with E-state index in [0.717, 1.165) is 25.4 Å². The van der Waals surface area contributed by atoms with Crippen LogP contribution in [0.3, 0.4) is 0 Å². The minimum absolute atomic E-state index is 0.0743. The molecule has 0 aromatic heterocycles. The average molecular weight is 245 g/mol. The van der Waals surface area contributed by atoms with Gasteiger partial charge in [-0.1, -0.05) is 30.7 Å². The lowest BCUT2D eigenvalue weighted by molar-refractivity contribution is 0.131. The quantitative estimate of drug-likeness (QED) is 0.836. The number of benzene rings is 1. The Bertz CT molecular complexity index is 383. The highest BCUT2D eigenvalue weighted by molar-refractivity contribution is 5.27. The summed E-state index contributed by atoms with van der Waals surface area (Å²) in [6.07, 6.45) is 6.02. The largest absolute Gasteiger partial charge is 0.393 e. The third-order valence-corrected chi connectivity index (χ3v) is 4.38. The minimum Gasteiger partial charge on any atom is -0.393 e. The molecule has 2 aliphatic rings. The molecule has 2 aliphatic carbocycles. The van der Waals surface area contributed by atoms with Crippen molar-refractivity contribution in [2.75, 3.05) is 6.54 Å². The van der Waals surface area contributed by atoms with E-state index in [1.165, 1.54) is 36.8 Å². The molecule has 0 radical (unpaired) electrons. The van der Waals surface area contributed by atoms with Gasteiger partial charge in [-0.3, -0.25) is 0 Å². The Labute approximate surface area is 109 Å². The van der Waals surface area contributed by atoms with E-state index in [1.54, 1.807) is 0 Å². The van der Waals surface area contributed by atoms with E-state index in [4.69, 9.17) is 0 Å². The molecule has 2 heteroatoms. The van der Waals surface area contributed by atoms with Crippen molar-refractivity contribution in [2.24, 2.45) is 5.92 Å². The minimum atomic E-state index is -0.0743. The predicted molar refractivity (Wildman–Crippen MR) is 73.5 cm³/mol. The topological polar surface area (TPSA) is 32.3 Å². The van der Waals surface area contributed by atoms with Crippen LogP contribution < -0.4 is 5.32 Å². The van der Waals surface area contributed by atoms with Crippen LogP contribution >= 0.6 is 0 Å². The summed E-state index contributed by atoms with van der Waals surface area (Å²) in [7, 11) is 0. The zero-order valence-electron chi connectivity index (χ0n) is 10.9. The molecule has 0 amide bonds. The zero-order valence-corrected chi connectivity index (χ0v) is 10.9. The number of aliphatic hydroxyl groups excluding tert-OH is 1. The first-order chi connectivity index (χ1) is 8.83. The van der Waals surface area contributed by atoms with Gasteiger partial charge in [0.25, 0.3) is 0 Å². The van der Waals surface area contributed by atoms with Gasteiger partial charge in [0.05, 0.1) is 6.10 Å². The van der Waals surface area contributed by atoms with E-state index in [0.29, 0.717) is 5.92 Å². The molecule has 1 aromatic rings. The summed E-state index contributed by atoms with van der Waals surface area (Å²) in [5.41, 5.74) is 2.86. The van der Waals surface area contributed by atoms with Crippen LogP contribution in [-0.2, 0) is 6.54 Å². The zero-order chi connectivity index (χ0) is 12.4. The molecular formula is C16H23NO. The van der Waals surface area contributed by atoms with E-state index in [9.17, 15) is 5.11 Å². The first-order valence-corrected chi connectivity index (χ1v) is 7.30. The number of aliphatic hydroxyl groups is 1. The second kappa shape index (κ2) is 5.41. The molecule has 18 heavy (non-hydrogen) atoms. The van der Waals surface area contributed by atoms with Gasteiger partial charge in [0.15, 0.2) is 0 Å². The Balaban J connectivity index is 1.44. The number of hydrogen-bond acceptors (Lipinski definition) is 2. The number of hydrogen-bond donors (Lipinski definition) is 2. The Kier molecular flexibility index (Phi) is 3.67. The van der Waals surface area contributed by atoms with Gasteiger partial charge < -0.3 is 10.4 Å². The summed E-state index contributed by atoms with van der Waals surface area (Å²) < 4.78 is 0. The van der Waals surface area contributed by atoms with Crippen molar-refractivity contribution in [3.05, 3.63) is 35.4 Å². The van der Waals surface area contributed by atoms with Crippen LogP contribution in [0.15, 0.2) is 24.3 Å². The molecule has 2 N–H and O–H groups in total. The van der Waals surface area contributed by atoms with Crippen LogP contribution in [0.4, 0.5) is 0 Å². The highest BCUT2D eigenvalue weighted by Crippen LogP contribution is 2.39. The second-order valence-electron chi connectivity index (χ2n) is 5.91. The molecule has 0 heterocycles. The Hall–Kier alpha value is -0.860. The van der Waals surface area contributed by atoms with Crippen LogP contribution in [0.1, 0.15) is 49.1 Å². The highest BCUT2D eigenvalue weighted by atomic mass is 16.3. The first-order valence-electron chi connectivity index (χ1n) is 7.30. The summed E-state index contributed by atoms with van der Waals surface area (Å²) in [4.78, 5) is 0. The SMILES string of the molecule is OC1CCCC1CNCc1ccc(C2CC2)cc1. The molecule has 2 atom stereocenters. The summed E-state index contributed by atoms with van der Waals surface area (Å²) in [5.74, 6) is 1.32. The lowest BCUT2D eigenvalue weighted by atomic mass is 10.1. The van der Waals surface area contributed by atoms with Gasteiger partial charge in [0.1, 0.15) is 0 Å². The standard InChI is InChI=1S/C16H23NO/c18-16-3-1-2-15(16)11-17-10-12-4-6-13(7-5-12)14-8-9-14/h4-7,14-18H,1-3,8-11H2. The van der Waals surface area contributed by atoms with E-state index in [1.807, 2.05) is 0 Å². The van der Waals surface area contributed by atoms with Crippen molar-refractivity contribution >= 4 is 0 Å². The maximum Gasteiger partial charge on any atom is 0.0580 e. The van der Waals surface area contributed by atoms with Crippen LogP contribution in [-0.4, -0.2) is 17.8 Å². The maximum atomic E-state index is 9.75. The molecule has 2 fully saturated rings. The summed E-state index contributed by atoms with van der Waals surface area (Å²) >= 11 is 0. The fourth-order valence-electron chi connectivity index (χ4n) is 2.98. The van der Waals surface area contributed by atoms with Gasteiger partial charge in [0, 0.05) is 13.1 Å². The number of rotatable bonds is 5. The van der Waals surface area contributed by atoms with Gasteiger partial charge in [-0.2, -0.15) is 0 Å². The normalized spacial score (nSPS) is 27.6. The fourth-order valence-corrected chi connectivity index (χ4v) is 2.98. The molecule has 3 rings (SSSR count). The molecule has 1 aromatic carbocycles. The molecule has 0 bridgehead atoms. The molecule has 98 valence electrons. The van der Waals surface area contributed by atoms with Crippen LogP contribution in [0.2, 0.25) is 0 Å². The average Bonchev–Trinajstić information content (AvgIpc) is 3.16. The van der Waals surface area contributed by atoms with Crippen molar-refractivity contribution in [3.63, 3.8) is 0 Å². The third-order valence-electron chi connectivity index (χ3n) is 4.38. The molecule has 0 saturated heterocycles. The van der Waals surface area contributed by atoms with E-state index in [-0.39, 0.29) is 6.10 Å². The Morgan fingerprint density at radius 1 is 1.06 bits per heavy atom. The second-order valence-corrected chi connectivity index (χ2v) is 5.91. The smallest absolute Gasteiger partial charge is 0.0580 e. The van der Waals surface area contributed by atoms with E-state index in [2.05, 4.69) is 29.6 Å². The molecule has 2 unspecified atom stereocenters. The Morgan fingerprint density at radius 3 is 2.44 bits per heavy atom. The molecule has 2 saturated carbocycles. The van der Waals surface area contributed by atoms with Crippen molar-refractivity contribution in [3.8, 4) is 0 Å². The van der Waals surface area contributed by atoms with Crippen LogP contribution in [0.5, 0.6) is 0 Å². The molecular weight excluding hydrogens is 222 g/mol. The van der Waals surface area contributed by atoms with Gasteiger partial charge in [-0.05, 0) is 48.6 Å². The van der Waals surface area contributed by atoms with Crippen LogP contribution in [0, 0.1) is 5.92 Å². The highest BCUT2D eigenvalue weighted by Gasteiger charge is 2.24. The van der Waals surface area contributed by atoms with Crippen molar-refractivity contribution in [1.29, 1.82) is 0 Å². The summed E-state index contributed by atoms with van der Waals surface area (Å²) in [5, 5.41) is 13.2. The Morgan fingerprint density at radius 2 is 1.83 bits per heavy atom. The fraction of sp³-hybridized carbons (Fsp3) is 0.625. The third kappa shape index (κ3) is 2.93. The molecule has 0 spiro atoms.